The maximum atomic E-state index is 6.04. The normalized spacial score (nSPS) is 11.1. The zero-order valence-electron chi connectivity index (χ0n) is 10.2. The molecule has 1 aromatic heterocycles. The second-order valence-electron chi connectivity index (χ2n) is 4.19. The van der Waals surface area contributed by atoms with Crippen molar-refractivity contribution in [3.05, 3.63) is 47.0 Å². The van der Waals surface area contributed by atoms with E-state index in [9.17, 15) is 0 Å². The van der Waals surface area contributed by atoms with Gasteiger partial charge < -0.3 is 10.2 Å². The Labute approximate surface area is 119 Å². The second kappa shape index (κ2) is 4.79. The average molecular weight is 291 g/mol. The number of nitrogens with two attached hydrogens (primary N) is 1. The molecule has 3 nitrogen and oxygen atoms in total. The third kappa shape index (κ3) is 2.41. The van der Waals surface area contributed by atoms with Crippen molar-refractivity contribution >= 4 is 40.1 Å². The lowest BCUT2D eigenvalue weighted by Gasteiger charge is -2.05. The van der Waals surface area contributed by atoms with Crippen molar-refractivity contribution in [2.24, 2.45) is 0 Å². The van der Waals surface area contributed by atoms with Gasteiger partial charge in [0, 0.05) is 4.90 Å². The molecule has 0 aliphatic heterocycles. The van der Waals surface area contributed by atoms with E-state index in [2.05, 4.69) is 4.98 Å². The topological polar surface area (TPSA) is 52.0 Å². The van der Waals surface area contributed by atoms with E-state index in [1.165, 1.54) is 11.8 Å². The first kappa shape index (κ1) is 12.4. The van der Waals surface area contributed by atoms with Gasteiger partial charge in [-0.05, 0) is 48.5 Å². The Hall–Kier alpha value is -1.65. The van der Waals surface area contributed by atoms with Gasteiger partial charge in [-0.3, -0.25) is 0 Å². The second-order valence-corrected chi connectivity index (χ2v) is 5.59. The maximum Gasteiger partial charge on any atom is 0.261 e. The molecule has 3 aromatic rings. The Balaban J connectivity index is 1.98. The highest BCUT2D eigenvalue weighted by molar-refractivity contribution is 7.99. The molecule has 3 rings (SSSR count). The van der Waals surface area contributed by atoms with Gasteiger partial charge in [0.15, 0.2) is 5.58 Å². The fourth-order valence-corrected chi connectivity index (χ4v) is 2.87. The minimum atomic E-state index is 0.546. The molecule has 0 aliphatic carbocycles. The first-order valence-electron chi connectivity index (χ1n) is 5.72. The fraction of sp³-hybridized carbons (Fsp3) is 0.0714. The van der Waals surface area contributed by atoms with Crippen LogP contribution in [0.5, 0.6) is 0 Å². The Morgan fingerprint density at radius 1 is 1.26 bits per heavy atom. The van der Waals surface area contributed by atoms with Crippen LogP contribution < -0.4 is 5.73 Å². The third-order valence-electron chi connectivity index (χ3n) is 2.77. The Morgan fingerprint density at radius 3 is 2.84 bits per heavy atom. The number of hydrogen-bond donors (Lipinski definition) is 1. The van der Waals surface area contributed by atoms with E-state index in [1.807, 2.05) is 43.3 Å². The van der Waals surface area contributed by atoms with Gasteiger partial charge in [-0.15, -0.1) is 0 Å². The summed E-state index contributed by atoms with van der Waals surface area (Å²) < 4.78 is 5.67. The fourth-order valence-electron chi connectivity index (χ4n) is 1.78. The van der Waals surface area contributed by atoms with Gasteiger partial charge >= 0.3 is 0 Å². The van der Waals surface area contributed by atoms with E-state index in [1.54, 1.807) is 0 Å². The predicted octanol–water partition coefficient (Wildman–Crippen LogP) is 4.52. The predicted molar refractivity (Wildman–Crippen MR) is 78.7 cm³/mol. The largest absolute Gasteiger partial charge is 0.431 e. The van der Waals surface area contributed by atoms with Crippen molar-refractivity contribution in [2.75, 3.05) is 5.73 Å². The van der Waals surface area contributed by atoms with Crippen LogP contribution in [-0.2, 0) is 0 Å². The highest BCUT2D eigenvalue weighted by Gasteiger charge is 2.10. The number of anilines is 1. The van der Waals surface area contributed by atoms with Crippen LogP contribution in [0.15, 0.2) is 50.9 Å². The molecule has 0 bridgehead atoms. The van der Waals surface area contributed by atoms with Gasteiger partial charge in [0.2, 0.25) is 0 Å². The summed E-state index contributed by atoms with van der Waals surface area (Å²) in [4.78, 5) is 5.41. The molecule has 96 valence electrons. The summed E-state index contributed by atoms with van der Waals surface area (Å²) in [7, 11) is 0. The minimum absolute atomic E-state index is 0.546. The summed E-state index contributed by atoms with van der Waals surface area (Å²) in [5.41, 5.74) is 9.03. The van der Waals surface area contributed by atoms with Crippen LogP contribution in [-0.4, -0.2) is 4.98 Å². The summed E-state index contributed by atoms with van der Waals surface area (Å²) in [5, 5.41) is 1.15. The summed E-state index contributed by atoms with van der Waals surface area (Å²) >= 11 is 7.49. The first-order valence-corrected chi connectivity index (χ1v) is 6.92. The number of fused-ring (bicyclic) bond motifs is 1. The van der Waals surface area contributed by atoms with Gasteiger partial charge in [0.05, 0.1) is 10.7 Å². The molecule has 0 spiro atoms. The van der Waals surface area contributed by atoms with Crippen molar-refractivity contribution in [3.8, 4) is 0 Å². The number of aryl methyl sites for hydroxylation is 1. The lowest BCUT2D eigenvalue weighted by molar-refractivity contribution is 0.489. The standard InChI is InChI=1S/C14H11ClN2OS/c1-8-6-10(16)9(15)7-13(8)19-14-17-11-4-2-3-5-12(11)18-14/h2-7H,16H2,1H3. The summed E-state index contributed by atoms with van der Waals surface area (Å²) in [6.45, 7) is 1.98. The quantitative estimate of drug-likeness (QED) is 0.705. The van der Waals surface area contributed by atoms with Gasteiger partial charge in [-0.2, -0.15) is 0 Å². The van der Waals surface area contributed by atoms with E-state index in [-0.39, 0.29) is 0 Å². The van der Waals surface area contributed by atoms with E-state index in [0.717, 1.165) is 21.6 Å². The molecule has 2 aromatic carbocycles. The first-order chi connectivity index (χ1) is 9.13. The van der Waals surface area contributed by atoms with Crippen LogP contribution in [0.25, 0.3) is 11.1 Å². The third-order valence-corrected chi connectivity index (χ3v) is 4.10. The summed E-state index contributed by atoms with van der Waals surface area (Å²) in [6, 6.07) is 11.4. The zero-order chi connectivity index (χ0) is 13.4. The van der Waals surface area contributed by atoms with Crippen LogP contribution in [0.3, 0.4) is 0 Å². The molecule has 0 aliphatic rings. The minimum Gasteiger partial charge on any atom is -0.431 e. The van der Waals surface area contributed by atoms with Crippen LogP contribution >= 0.6 is 23.4 Å². The molecule has 0 amide bonds. The molecule has 0 saturated carbocycles. The number of nitrogens with zero attached hydrogens (tertiary/aromatic N) is 1. The van der Waals surface area contributed by atoms with Crippen molar-refractivity contribution in [2.45, 2.75) is 17.0 Å². The van der Waals surface area contributed by atoms with Crippen LogP contribution in [0.2, 0.25) is 5.02 Å². The number of halogens is 1. The molecular weight excluding hydrogens is 280 g/mol. The lowest BCUT2D eigenvalue weighted by atomic mass is 10.2. The molecular formula is C14H11ClN2OS. The van der Waals surface area contributed by atoms with Crippen molar-refractivity contribution in [1.82, 2.24) is 4.98 Å². The Bertz CT molecular complexity index is 721. The van der Waals surface area contributed by atoms with Crippen LogP contribution in [0, 0.1) is 6.92 Å². The summed E-state index contributed by atoms with van der Waals surface area (Å²) in [6.07, 6.45) is 0. The molecule has 0 fully saturated rings. The number of para-hydroxylation sites is 2. The highest BCUT2D eigenvalue weighted by atomic mass is 35.5. The van der Waals surface area contributed by atoms with Gasteiger partial charge in [0.25, 0.3) is 5.22 Å². The van der Waals surface area contributed by atoms with E-state index in [4.69, 9.17) is 21.8 Å². The number of hydrogen-bond acceptors (Lipinski definition) is 4. The Morgan fingerprint density at radius 2 is 2.05 bits per heavy atom. The molecule has 0 unspecified atom stereocenters. The van der Waals surface area contributed by atoms with Crippen LogP contribution in [0.4, 0.5) is 5.69 Å². The summed E-state index contributed by atoms with van der Waals surface area (Å²) in [5.74, 6) is 0. The van der Waals surface area contributed by atoms with Gasteiger partial charge in [0.1, 0.15) is 5.52 Å². The smallest absolute Gasteiger partial charge is 0.261 e. The molecule has 5 heteroatoms. The van der Waals surface area contributed by atoms with Crippen LogP contribution in [0.1, 0.15) is 5.56 Å². The van der Waals surface area contributed by atoms with Crippen molar-refractivity contribution in [3.63, 3.8) is 0 Å². The Kier molecular flexibility index (Phi) is 3.12. The average Bonchev–Trinajstić information content (AvgIpc) is 2.78. The molecule has 0 atom stereocenters. The number of oxazole rings is 1. The highest BCUT2D eigenvalue weighted by Crippen LogP contribution is 2.35. The molecule has 1 heterocycles. The molecule has 0 radical (unpaired) electrons. The van der Waals surface area contributed by atoms with E-state index >= 15 is 0 Å². The van der Waals surface area contributed by atoms with E-state index in [0.29, 0.717) is 15.9 Å². The molecule has 19 heavy (non-hydrogen) atoms. The van der Waals surface area contributed by atoms with Gasteiger partial charge in [-0.25, -0.2) is 4.98 Å². The zero-order valence-corrected chi connectivity index (χ0v) is 11.8. The number of nitrogen functional groups attached to an aromatic ring is 1. The monoisotopic (exact) mass is 290 g/mol. The maximum absolute atomic E-state index is 6.04. The van der Waals surface area contributed by atoms with Gasteiger partial charge in [-0.1, -0.05) is 23.7 Å². The molecule has 2 N–H and O–H groups in total. The van der Waals surface area contributed by atoms with Crippen molar-refractivity contribution < 1.29 is 4.42 Å². The lowest BCUT2D eigenvalue weighted by Crippen LogP contribution is -1.89. The SMILES string of the molecule is Cc1cc(N)c(Cl)cc1Sc1nc2ccccc2o1. The van der Waals surface area contributed by atoms with E-state index < -0.39 is 0 Å². The number of rotatable bonds is 2. The number of aromatic nitrogens is 1. The van der Waals surface area contributed by atoms with Crippen molar-refractivity contribution in [1.29, 1.82) is 0 Å². The number of benzene rings is 2. The molecule has 0 saturated heterocycles.